The average Bonchev–Trinajstić information content (AvgIpc) is 3.42. The van der Waals surface area contributed by atoms with Gasteiger partial charge in [-0.1, -0.05) is 57.7 Å². The van der Waals surface area contributed by atoms with Crippen molar-refractivity contribution in [1.29, 1.82) is 0 Å². The molecule has 1 aromatic carbocycles. The molecule has 1 saturated heterocycles. The number of thioether (sulfide) groups is 1. The van der Waals surface area contributed by atoms with Gasteiger partial charge in [0, 0.05) is 29.9 Å². The monoisotopic (exact) mass is 466 g/mol. The Balaban J connectivity index is 1.56. The minimum Gasteiger partial charge on any atom is -0.460 e. The lowest BCUT2D eigenvalue weighted by Gasteiger charge is -2.42. The highest BCUT2D eigenvalue weighted by molar-refractivity contribution is 8.01. The smallest absolute Gasteiger partial charge is 0.338 e. The van der Waals surface area contributed by atoms with E-state index in [1.54, 1.807) is 0 Å². The highest BCUT2D eigenvalue weighted by Crippen LogP contribution is 2.67. The number of rotatable bonds is 9. The first-order valence-corrected chi connectivity index (χ1v) is 13.7. The lowest BCUT2D eigenvalue weighted by molar-refractivity contribution is -0.157. The van der Waals surface area contributed by atoms with Gasteiger partial charge in [0.2, 0.25) is 10.0 Å². The van der Waals surface area contributed by atoms with Crippen LogP contribution >= 0.6 is 11.8 Å². The number of sulfonamides is 1. The van der Waals surface area contributed by atoms with Crippen LogP contribution in [0.1, 0.15) is 47.0 Å². The molecule has 4 unspecified atom stereocenters. The van der Waals surface area contributed by atoms with E-state index in [1.807, 2.05) is 44.2 Å². The van der Waals surface area contributed by atoms with E-state index in [4.69, 9.17) is 4.74 Å². The number of fused-ring (bicyclic) bond motifs is 2. The maximum atomic E-state index is 13.3. The Labute approximate surface area is 190 Å². The van der Waals surface area contributed by atoms with E-state index >= 15 is 0 Å². The van der Waals surface area contributed by atoms with E-state index in [-0.39, 0.29) is 23.2 Å². The summed E-state index contributed by atoms with van der Waals surface area (Å²) in [5.41, 5.74) is -0.725. The maximum Gasteiger partial charge on any atom is 0.338 e. The van der Waals surface area contributed by atoms with Crippen LogP contribution in [0.3, 0.4) is 0 Å². The molecule has 4 atom stereocenters. The van der Waals surface area contributed by atoms with Gasteiger partial charge in [-0.3, -0.25) is 5.32 Å². The van der Waals surface area contributed by atoms with Crippen molar-refractivity contribution in [1.82, 2.24) is 9.62 Å². The quantitative estimate of drug-likeness (QED) is 0.443. The van der Waals surface area contributed by atoms with Crippen molar-refractivity contribution in [2.45, 2.75) is 62.8 Å². The normalized spacial score (nSPS) is 33.6. The fourth-order valence-corrected chi connectivity index (χ4v) is 9.16. The van der Waals surface area contributed by atoms with Gasteiger partial charge < -0.3 is 4.74 Å². The van der Waals surface area contributed by atoms with Crippen LogP contribution in [0.2, 0.25) is 0 Å². The van der Waals surface area contributed by atoms with E-state index in [1.165, 1.54) is 16.1 Å². The number of nitrogens with one attached hydrogen (secondary N) is 1. The van der Waals surface area contributed by atoms with Gasteiger partial charge in [-0.05, 0) is 42.7 Å². The van der Waals surface area contributed by atoms with E-state index in [0.29, 0.717) is 25.6 Å². The molecule has 4 rings (SSSR count). The van der Waals surface area contributed by atoms with Crippen molar-refractivity contribution in [2.75, 3.05) is 25.4 Å². The molecule has 172 valence electrons. The summed E-state index contributed by atoms with van der Waals surface area (Å²) < 4.78 is 34.3. The van der Waals surface area contributed by atoms with Crippen LogP contribution in [0.15, 0.2) is 35.2 Å². The predicted octanol–water partition coefficient (Wildman–Crippen LogP) is 3.49. The molecule has 1 N–H and O–H groups in total. The Bertz CT molecular complexity index is 926. The first kappa shape index (κ1) is 23.1. The van der Waals surface area contributed by atoms with Crippen LogP contribution in [-0.2, 0) is 19.6 Å². The number of hydrogen-bond donors (Lipinski definition) is 1. The number of nitrogens with zero attached hydrogens (tertiary/aromatic N) is 1. The van der Waals surface area contributed by atoms with E-state index < -0.39 is 20.3 Å². The number of hydrogen-bond acceptors (Lipinski definition) is 6. The van der Waals surface area contributed by atoms with Crippen molar-refractivity contribution in [2.24, 2.45) is 16.7 Å². The van der Waals surface area contributed by atoms with E-state index in [9.17, 15) is 13.2 Å². The van der Waals surface area contributed by atoms with E-state index in [2.05, 4.69) is 19.2 Å². The number of carbonyl (C=O) groups excluding carboxylic acids is 1. The molecular weight excluding hydrogens is 432 g/mol. The van der Waals surface area contributed by atoms with Gasteiger partial charge in [-0.25, -0.2) is 17.5 Å². The Morgan fingerprint density at radius 1 is 1.23 bits per heavy atom. The second kappa shape index (κ2) is 8.04. The molecule has 1 heterocycles. The summed E-state index contributed by atoms with van der Waals surface area (Å²) in [6, 6.07) is 9.83. The average molecular weight is 467 g/mol. The summed E-state index contributed by atoms with van der Waals surface area (Å²) in [5.74, 6) is 0.159. The summed E-state index contributed by atoms with van der Waals surface area (Å²) in [4.78, 5) is 13.5. The van der Waals surface area contributed by atoms with Gasteiger partial charge in [0.1, 0.15) is 6.10 Å². The van der Waals surface area contributed by atoms with Crippen molar-refractivity contribution in [3.63, 3.8) is 0 Å². The third kappa shape index (κ3) is 3.83. The fraction of sp³-hybridized carbons (Fsp3) is 0.696. The van der Waals surface area contributed by atoms with Crippen molar-refractivity contribution in [3.8, 4) is 0 Å². The zero-order chi connectivity index (χ0) is 22.5. The van der Waals surface area contributed by atoms with Crippen LogP contribution in [-0.4, -0.2) is 55.1 Å². The van der Waals surface area contributed by atoms with Crippen LogP contribution in [0.5, 0.6) is 0 Å². The third-order valence-electron chi connectivity index (χ3n) is 8.01. The second-order valence-electron chi connectivity index (χ2n) is 9.68. The molecule has 2 saturated carbocycles. The molecule has 0 radical (unpaired) electrons. The van der Waals surface area contributed by atoms with Crippen LogP contribution in [0.4, 0.5) is 0 Å². The second-order valence-corrected chi connectivity index (χ2v) is 13.0. The summed E-state index contributed by atoms with van der Waals surface area (Å²) in [7, 11) is -3.44. The molecule has 0 amide bonds. The SMILES string of the molecule is CCN(CC)S(=O)(=O)CC12CCC(CC1OC(=O)C1(Sc3ccccc3)CN1)C2(C)C. The highest BCUT2D eigenvalue weighted by Gasteiger charge is 2.68. The predicted molar refractivity (Wildman–Crippen MR) is 123 cm³/mol. The first-order valence-electron chi connectivity index (χ1n) is 11.3. The van der Waals surface area contributed by atoms with Gasteiger partial charge >= 0.3 is 5.97 Å². The lowest BCUT2D eigenvalue weighted by atomic mass is 9.69. The van der Waals surface area contributed by atoms with Crippen molar-refractivity contribution in [3.05, 3.63) is 30.3 Å². The molecule has 0 spiro atoms. The largest absolute Gasteiger partial charge is 0.460 e. The summed E-state index contributed by atoms with van der Waals surface area (Å²) in [6.45, 7) is 9.57. The maximum absolute atomic E-state index is 13.3. The lowest BCUT2D eigenvalue weighted by Crippen LogP contribution is -2.50. The molecular formula is C23H34N2O4S2. The Morgan fingerprint density at radius 3 is 2.42 bits per heavy atom. The van der Waals surface area contributed by atoms with Crippen LogP contribution in [0.25, 0.3) is 0 Å². The molecule has 3 aliphatic rings. The summed E-state index contributed by atoms with van der Waals surface area (Å²) in [5, 5.41) is 3.19. The molecule has 2 aliphatic carbocycles. The van der Waals surface area contributed by atoms with E-state index in [0.717, 1.165) is 24.2 Å². The molecule has 6 nitrogen and oxygen atoms in total. The zero-order valence-corrected chi connectivity index (χ0v) is 20.5. The number of esters is 1. The minimum absolute atomic E-state index is 0.0510. The summed E-state index contributed by atoms with van der Waals surface area (Å²) >= 11 is 1.48. The van der Waals surface area contributed by atoms with Gasteiger partial charge in [0.05, 0.1) is 5.75 Å². The van der Waals surface area contributed by atoms with Crippen LogP contribution in [0, 0.1) is 16.7 Å². The zero-order valence-electron chi connectivity index (χ0n) is 18.9. The van der Waals surface area contributed by atoms with Gasteiger partial charge in [0.25, 0.3) is 0 Å². The minimum atomic E-state index is -3.44. The summed E-state index contributed by atoms with van der Waals surface area (Å²) in [6.07, 6.45) is 2.17. The molecule has 0 aromatic heterocycles. The Kier molecular flexibility index (Phi) is 5.99. The number of carbonyl (C=O) groups is 1. The molecule has 2 bridgehead atoms. The van der Waals surface area contributed by atoms with Gasteiger partial charge in [0.15, 0.2) is 4.87 Å². The number of ether oxygens (including phenoxy) is 1. The van der Waals surface area contributed by atoms with Gasteiger partial charge in [-0.2, -0.15) is 0 Å². The standard InChI is InChI=1S/C23H34N2O4S2/c1-5-25(6-2)31(27,28)16-22-13-12-17(21(22,3)4)14-19(22)29-20(26)23(15-24-23)30-18-10-8-7-9-11-18/h7-11,17,19,24H,5-6,12-16H2,1-4H3. The number of benzene rings is 1. The molecule has 31 heavy (non-hydrogen) atoms. The van der Waals surface area contributed by atoms with Crippen LogP contribution < -0.4 is 5.32 Å². The molecule has 1 aromatic rings. The Morgan fingerprint density at radius 2 is 1.87 bits per heavy atom. The molecule has 3 fully saturated rings. The fourth-order valence-electron chi connectivity index (χ4n) is 5.79. The molecule has 8 heteroatoms. The van der Waals surface area contributed by atoms with Gasteiger partial charge in [-0.15, -0.1) is 0 Å². The molecule has 1 aliphatic heterocycles. The Hall–Kier alpha value is -1.09. The topological polar surface area (TPSA) is 85.6 Å². The highest BCUT2D eigenvalue weighted by atomic mass is 32.2. The van der Waals surface area contributed by atoms with Crippen molar-refractivity contribution < 1.29 is 17.9 Å². The first-order chi connectivity index (χ1) is 14.6. The third-order valence-corrected chi connectivity index (χ3v) is 11.5. The van der Waals surface area contributed by atoms with Crippen molar-refractivity contribution >= 4 is 27.8 Å².